The second kappa shape index (κ2) is 9.67. The first-order chi connectivity index (χ1) is 16.2. The molecule has 1 saturated heterocycles. The van der Waals surface area contributed by atoms with Crippen LogP contribution in [0.2, 0.25) is 0 Å². The number of carbonyl (C=O) groups excluding carboxylic acids is 2. The largest absolute Gasteiger partial charge is 0.357 e. The molecule has 7 nitrogen and oxygen atoms in total. The molecule has 4 unspecified atom stereocenters. The van der Waals surface area contributed by atoms with Crippen molar-refractivity contribution in [1.82, 2.24) is 20.4 Å². The van der Waals surface area contributed by atoms with Crippen LogP contribution in [-0.4, -0.2) is 66.8 Å². The number of likely N-dealkylation sites (tertiary alicyclic amines) is 1. The number of aliphatic imine (C=N–C) groups is 1. The summed E-state index contributed by atoms with van der Waals surface area (Å²) in [7, 11) is 0. The lowest BCUT2D eigenvalue weighted by Crippen LogP contribution is -2.42. The Bertz CT molecular complexity index is 928. The van der Waals surface area contributed by atoms with Crippen LogP contribution in [0.25, 0.3) is 0 Å². The molecule has 1 saturated carbocycles. The molecule has 4 atom stereocenters. The summed E-state index contributed by atoms with van der Waals surface area (Å²) in [5.74, 6) is 1.23. The minimum absolute atomic E-state index is 0.0407. The van der Waals surface area contributed by atoms with Crippen LogP contribution >= 0.6 is 0 Å². The van der Waals surface area contributed by atoms with Gasteiger partial charge in [0.05, 0.1) is 11.8 Å². The number of rotatable bonds is 8. The number of allylic oxidation sites excluding steroid dienone is 2. The van der Waals surface area contributed by atoms with Crippen molar-refractivity contribution in [1.29, 1.82) is 0 Å². The second-order valence-electron chi connectivity index (χ2n) is 9.66. The molecule has 2 bridgehead atoms. The van der Waals surface area contributed by atoms with Crippen LogP contribution < -0.4 is 10.6 Å². The number of guanidine groups is 1. The third kappa shape index (κ3) is 4.43. The van der Waals surface area contributed by atoms with Crippen molar-refractivity contribution in [3.63, 3.8) is 0 Å². The van der Waals surface area contributed by atoms with Crippen molar-refractivity contribution in [2.24, 2.45) is 28.7 Å². The quantitative estimate of drug-likeness (QED) is 0.208. The second-order valence-corrected chi connectivity index (χ2v) is 9.66. The zero-order chi connectivity index (χ0) is 22.8. The molecule has 2 amide bonds. The summed E-state index contributed by atoms with van der Waals surface area (Å²) in [6.45, 7) is 7.80. The van der Waals surface area contributed by atoms with E-state index < -0.39 is 0 Å². The summed E-state index contributed by atoms with van der Waals surface area (Å²) >= 11 is 0. The highest BCUT2D eigenvalue weighted by atomic mass is 16.2. The first-order valence-corrected chi connectivity index (χ1v) is 12.5. The van der Waals surface area contributed by atoms with Crippen LogP contribution in [0.15, 0.2) is 41.4 Å². The van der Waals surface area contributed by atoms with E-state index >= 15 is 0 Å². The van der Waals surface area contributed by atoms with Crippen LogP contribution in [0.4, 0.5) is 0 Å². The fourth-order valence-corrected chi connectivity index (χ4v) is 6.02. The van der Waals surface area contributed by atoms with Crippen molar-refractivity contribution >= 4 is 17.8 Å². The number of hydrogen-bond donors (Lipinski definition) is 2. The molecular weight excluding hydrogens is 414 g/mol. The Morgan fingerprint density at radius 3 is 2.48 bits per heavy atom. The van der Waals surface area contributed by atoms with E-state index in [1.165, 1.54) is 16.0 Å². The van der Waals surface area contributed by atoms with Gasteiger partial charge in [0.15, 0.2) is 5.96 Å². The zero-order valence-corrected chi connectivity index (χ0v) is 19.5. The molecule has 7 heteroatoms. The molecule has 5 rings (SSSR count). The molecule has 33 heavy (non-hydrogen) atoms. The average Bonchev–Trinajstić information content (AvgIpc) is 3.51. The molecule has 1 aromatic carbocycles. The van der Waals surface area contributed by atoms with Gasteiger partial charge in [-0.2, -0.15) is 0 Å². The number of nitrogens with zero attached hydrogens (tertiary/aromatic N) is 3. The highest BCUT2D eigenvalue weighted by Gasteiger charge is 2.58. The molecule has 0 aromatic heterocycles. The number of hydrogen-bond acceptors (Lipinski definition) is 4. The summed E-state index contributed by atoms with van der Waals surface area (Å²) in [4.78, 5) is 34.2. The summed E-state index contributed by atoms with van der Waals surface area (Å²) in [5.41, 5.74) is 2.90. The van der Waals surface area contributed by atoms with Gasteiger partial charge in [-0.15, -0.1) is 0 Å². The molecule has 2 N–H and O–H groups in total. The third-order valence-electron chi connectivity index (χ3n) is 7.65. The molecule has 176 valence electrons. The van der Waals surface area contributed by atoms with Crippen molar-refractivity contribution < 1.29 is 9.59 Å². The van der Waals surface area contributed by atoms with Crippen molar-refractivity contribution in [3.8, 4) is 0 Å². The van der Waals surface area contributed by atoms with Gasteiger partial charge in [-0.1, -0.05) is 36.4 Å². The van der Waals surface area contributed by atoms with Gasteiger partial charge in [0.2, 0.25) is 11.8 Å². The van der Waals surface area contributed by atoms with E-state index in [9.17, 15) is 9.59 Å². The van der Waals surface area contributed by atoms with Crippen LogP contribution in [0, 0.1) is 23.7 Å². The topological polar surface area (TPSA) is 77.0 Å². The molecule has 2 heterocycles. The minimum Gasteiger partial charge on any atom is -0.357 e. The van der Waals surface area contributed by atoms with E-state index in [-0.39, 0.29) is 35.5 Å². The normalized spacial score (nSPS) is 28.4. The number of nitrogens with one attached hydrogen (secondary N) is 2. The number of fused-ring (bicyclic) bond motifs is 6. The SMILES string of the molecule is CCNC(=NCCCN1C(=O)C2C3C=CC(C3)C2C1=O)NCCN1CCc2ccccc2C1. The van der Waals surface area contributed by atoms with Crippen molar-refractivity contribution in [3.05, 3.63) is 47.5 Å². The molecule has 0 spiro atoms. The van der Waals surface area contributed by atoms with Gasteiger partial charge in [0.1, 0.15) is 0 Å². The lowest BCUT2D eigenvalue weighted by atomic mass is 9.85. The third-order valence-corrected chi connectivity index (χ3v) is 7.65. The number of carbonyl (C=O) groups is 2. The van der Waals surface area contributed by atoms with E-state index in [0.717, 1.165) is 51.5 Å². The summed E-state index contributed by atoms with van der Waals surface area (Å²) < 4.78 is 0. The molecule has 0 radical (unpaired) electrons. The highest BCUT2D eigenvalue weighted by Crippen LogP contribution is 2.52. The molecule has 2 fully saturated rings. The van der Waals surface area contributed by atoms with Gasteiger partial charge >= 0.3 is 0 Å². The monoisotopic (exact) mass is 449 g/mol. The van der Waals surface area contributed by atoms with Gasteiger partial charge in [0, 0.05) is 45.8 Å². The Kier molecular flexibility index (Phi) is 6.49. The minimum atomic E-state index is -0.100. The van der Waals surface area contributed by atoms with E-state index in [4.69, 9.17) is 0 Å². The smallest absolute Gasteiger partial charge is 0.233 e. The van der Waals surface area contributed by atoms with Gasteiger partial charge in [-0.25, -0.2) is 0 Å². The Labute approximate surface area is 196 Å². The highest BCUT2D eigenvalue weighted by molar-refractivity contribution is 6.06. The zero-order valence-electron chi connectivity index (χ0n) is 19.5. The maximum atomic E-state index is 12.8. The lowest BCUT2D eigenvalue weighted by molar-refractivity contribution is -0.140. The Balaban J connectivity index is 1.06. The molecule has 1 aromatic rings. The average molecular weight is 450 g/mol. The van der Waals surface area contributed by atoms with Crippen molar-refractivity contribution in [2.45, 2.75) is 32.7 Å². The Hall–Kier alpha value is -2.67. The molecule has 4 aliphatic rings. The number of imide groups is 1. The number of benzene rings is 1. The van der Waals surface area contributed by atoms with E-state index in [1.54, 1.807) is 0 Å². The number of amides is 2. The van der Waals surface area contributed by atoms with Crippen LogP contribution in [0.1, 0.15) is 30.9 Å². The Morgan fingerprint density at radius 2 is 1.76 bits per heavy atom. The fourth-order valence-electron chi connectivity index (χ4n) is 6.02. The van der Waals surface area contributed by atoms with E-state index in [2.05, 4.69) is 63.9 Å². The molecule has 2 aliphatic carbocycles. The maximum Gasteiger partial charge on any atom is 0.233 e. The van der Waals surface area contributed by atoms with Gasteiger partial charge in [-0.05, 0) is 49.1 Å². The maximum absolute atomic E-state index is 12.8. The molecule has 2 aliphatic heterocycles. The summed E-state index contributed by atoms with van der Waals surface area (Å²) in [6, 6.07) is 8.70. The predicted octanol–water partition coefficient (Wildman–Crippen LogP) is 1.80. The van der Waals surface area contributed by atoms with Crippen LogP contribution in [-0.2, 0) is 22.6 Å². The summed E-state index contributed by atoms with van der Waals surface area (Å²) in [5, 5.41) is 6.73. The standard InChI is InChI=1S/C26H35N5O2/c1-2-27-26(29-12-15-30-14-10-18-6-3-4-7-21(18)17-30)28-11-5-13-31-24(32)22-19-8-9-20(16-19)23(22)25(31)33/h3-4,6-9,19-20,22-23H,2,5,10-17H2,1H3,(H2,27,28,29). The van der Waals surface area contributed by atoms with Gasteiger partial charge in [-0.3, -0.25) is 24.4 Å². The first kappa shape index (κ1) is 22.1. The first-order valence-electron chi connectivity index (χ1n) is 12.5. The van der Waals surface area contributed by atoms with Crippen molar-refractivity contribution in [2.75, 3.05) is 39.3 Å². The summed E-state index contributed by atoms with van der Waals surface area (Å²) in [6.07, 6.45) is 7.06. The van der Waals surface area contributed by atoms with Gasteiger partial charge < -0.3 is 10.6 Å². The lowest BCUT2D eigenvalue weighted by Gasteiger charge is -2.28. The van der Waals surface area contributed by atoms with Gasteiger partial charge in [0.25, 0.3) is 0 Å². The van der Waals surface area contributed by atoms with Crippen LogP contribution in [0.3, 0.4) is 0 Å². The van der Waals surface area contributed by atoms with E-state index in [1.807, 2.05) is 0 Å². The van der Waals surface area contributed by atoms with Crippen LogP contribution in [0.5, 0.6) is 0 Å². The fraction of sp³-hybridized carbons (Fsp3) is 0.577. The van der Waals surface area contributed by atoms with E-state index in [0.29, 0.717) is 19.5 Å². The molecular formula is C26H35N5O2. The Morgan fingerprint density at radius 1 is 1.03 bits per heavy atom. The predicted molar refractivity (Wildman–Crippen MR) is 128 cm³/mol.